The second kappa shape index (κ2) is 8.16. The van der Waals surface area contributed by atoms with Gasteiger partial charge in [0, 0.05) is 22.7 Å². The molecule has 2 heterocycles. The third-order valence-corrected chi connectivity index (χ3v) is 4.92. The molecule has 1 saturated heterocycles. The summed E-state index contributed by atoms with van der Waals surface area (Å²) < 4.78 is 34.3. The fourth-order valence-corrected chi connectivity index (χ4v) is 3.42. The Morgan fingerprint density at radius 3 is 2.59 bits per heavy atom. The Labute approximate surface area is 170 Å². The number of benzene rings is 2. The minimum atomic E-state index is -2.89. The van der Waals surface area contributed by atoms with E-state index in [0.29, 0.717) is 40.8 Å². The average Bonchev–Trinajstić information content (AvgIpc) is 3.37. The van der Waals surface area contributed by atoms with Crippen LogP contribution in [0.15, 0.2) is 53.1 Å². The monoisotopic (exact) mass is 419 g/mol. The molecule has 1 amide bonds. The number of hydrogen-bond acceptors (Lipinski definition) is 5. The van der Waals surface area contributed by atoms with Crippen molar-refractivity contribution < 1.29 is 22.8 Å². The van der Waals surface area contributed by atoms with Gasteiger partial charge < -0.3 is 14.2 Å². The molecule has 0 bridgehead atoms. The van der Waals surface area contributed by atoms with E-state index in [2.05, 4.69) is 14.9 Å². The topological polar surface area (TPSA) is 68.5 Å². The molecule has 1 aromatic heterocycles. The summed E-state index contributed by atoms with van der Waals surface area (Å²) in [6.45, 7) is -2.30. The predicted octanol–water partition coefficient (Wildman–Crippen LogP) is 4.97. The van der Waals surface area contributed by atoms with Crippen LogP contribution in [-0.2, 0) is 0 Å². The number of carbonyl (C=O) groups is 1. The van der Waals surface area contributed by atoms with E-state index in [1.807, 2.05) is 0 Å². The Balaban J connectivity index is 1.52. The Hall–Kier alpha value is -3.00. The maximum absolute atomic E-state index is 12.9. The summed E-state index contributed by atoms with van der Waals surface area (Å²) in [6, 6.07) is 12.3. The molecule has 9 heteroatoms. The van der Waals surface area contributed by atoms with Crippen molar-refractivity contribution in [1.29, 1.82) is 0 Å². The highest BCUT2D eigenvalue weighted by molar-refractivity contribution is 6.30. The normalized spacial score (nSPS) is 16.4. The van der Waals surface area contributed by atoms with Gasteiger partial charge in [0.05, 0.1) is 0 Å². The summed E-state index contributed by atoms with van der Waals surface area (Å²) in [5, 5.41) is 4.53. The molecule has 3 aromatic rings. The molecule has 0 aliphatic carbocycles. The SMILES string of the molecule is O=C(c1ccc(Cl)cc1)N1CCCC1c1nc(-c2ccc(OC(F)F)cc2)no1. The van der Waals surface area contributed by atoms with Crippen molar-refractivity contribution in [1.82, 2.24) is 15.0 Å². The Bertz CT molecular complexity index is 993. The van der Waals surface area contributed by atoms with Gasteiger partial charge in [-0.3, -0.25) is 4.79 Å². The highest BCUT2D eigenvalue weighted by Gasteiger charge is 2.34. The third-order valence-electron chi connectivity index (χ3n) is 4.67. The molecule has 4 rings (SSSR count). The number of likely N-dealkylation sites (tertiary alicyclic amines) is 1. The number of hydrogen-bond donors (Lipinski definition) is 0. The van der Waals surface area contributed by atoms with Crippen molar-refractivity contribution in [3.05, 3.63) is 65.0 Å². The highest BCUT2D eigenvalue weighted by Crippen LogP contribution is 2.33. The second-order valence-corrected chi connectivity index (χ2v) is 6.96. The van der Waals surface area contributed by atoms with Gasteiger partial charge in [0.25, 0.3) is 5.91 Å². The van der Waals surface area contributed by atoms with Crippen LogP contribution in [0.5, 0.6) is 5.75 Å². The van der Waals surface area contributed by atoms with Crippen LogP contribution in [-0.4, -0.2) is 34.1 Å². The first-order chi connectivity index (χ1) is 14.0. The van der Waals surface area contributed by atoms with Crippen LogP contribution in [0, 0.1) is 0 Å². The minimum absolute atomic E-state index is 0.0444. The van der Waals surface area contributed by atoms with Gasteiger partial charge in [0.15, 0.2) is 0 Å². The van der Waals surface area contributed by atoms with Gasteiger partial charge in [0.2, 0.25) is 11.7 Å². The van der Waals surface area contributed by atoms with E-state index in [4.69, 9.17) is 16.1 Å². The fraction of sp³-hybridized carbons (Fsp3) is 0.250. The molecular formula is C20H16ClF2N3O3. The van der Waals surface area contributed by atoms with E-state index in [-0.39, 0.29) is 17.7 Å². The lowest BCUT2D eigenvalue weighted by atomic mass is 10.1. The van der Waals surface area contributed by atoms with Crippen molar-refractivity contribution in [2.75, 3.05) is 6.54 Å². The van der Waals surface area contributed by atoms with E-state index in [0.717, 1.165) is 6.42 Å². The Morgan fingerprint density at radius 2 is 1.90 bits per heavy atom. The smallest absolute Gasteiger partial charge is 0.387 e. The number of amides is 1. The number of nitrogens with zero attached hydrogens (tertiary/aromatic N) is 3. The molecule has 0 N–H and O–H groups in total. The van der Waals surface area contributed by atoms with Crippen molar-refractivity contribution >= 4 is 17.5 Å². The highest BCUT2D eigenvalue weighted by atomic mass is 35.5. The lowest BCUT2D eigenvalue weighted by Crippen LogP contribution is -2.30. The number of rotatable bonds is 5. The van der Waals surface area contributed by atoms with Gasteiger partial charge in [-0.15, -0.1) is 0 Å². The summed E-state index contributed by atoms with van der Waals surface area (Å²) in [4.78, 5) is 19.0. The second-order valence-electron chi connectivity index (χ2n) is 6.52. The minimum Gasteiger partial charge on any atom is -0.435 e. The summed E-state index contributed by atoms with van der Waals surface area (Å²) in [5.41, 5.74) is 1.13. The first-order valence-corrected chi connectivity index (χ1v) is 9.34. The molecule has 150 valence electrons. The zero-order valence-corrected chi connectivity index (χ0v) is 15.9. The van der Waals surface area contributed by atoms with Gasteiger partial charge in [-0.1, -0.05) is 16.8 Å². The van der Waals surface area contributed by atoms with Gasteiger partial charge in [-0.2, -0.15) is 13.8 Å². The molecule has 2 aromatic carbocycles. The summed E-state index contributed by atoms with van der Waals surface area (Å²) in [5.74, 6) is 0.572. The van der Waals surface area contributed by atoms with Gasteiger partial charge in [-0.25, -0.2) is 0 Å². The van der Waals surface area contributed by atoms with Crippen molar-refractivity contribution in [2.24, 2.45) is 0 Å². The molecule has 1 unspecified atom stereocenters. The largest absolute Gasteiger partial charge is 0.435 e. The van der Waals surface area contributed by atoms with Gasteiger partial charge >= 0.3 is 6.61 Å². The molecule has 0 spiro atoms. The maximum atomic E-state index is 12.9. The van der Waals surface area contributed by atoms with Crippen LogP contribution < -0.4 is 4.74 Å². The molecule has 1 aliphatic heterocycles. The van der Waals surface area contributed by atoms with Crippen LogP contribution in [0.25, 0.3) is 11.4 Å². The van der Waals surface area contributed by atoms with Crippen molar-refractivity contribution in [3.63, 3.8) is 0 Å². The Kier molecular flexibility index (Phi) is 5.44. The van der Waals surface area contributed by atoms with Crippen molar-refractivity contribution in [3.8, 4) is 17.1 Å². The van der Waals surface area contributed by atoms with E-state index in [1.54, 1.807) is 41.3 Å². The summed E-state index contributed by atoms with van der Waals surface area (Å²) in [6.07, 6.45) is 1.53. The predicted molar refractivity (Wildman–Crippen MR) is 101 cm³/mol. The van der Waals surface area contributed by atoms with Crippen LogP contribution >= 0.6 is 11.6 Å². The van der Waals surface area contributed by atoms with Crippen molar-refractivity contribution in [2.45, 2.75) is 25.5 Å². The average molecular weight is 420 g/mol. The number of aromatic nitrogens is 2. The number of ether oxygens (including phenoxy) is 1. The maximum Gasteiger partial charge on any atom is 0.387 e. The fourth-order valence-electron chi connectivity index (χ4n) is 3.30. The molecule has 0 saturated carbocycles. The van der Waals surface area contributed by atoms with Gasteiger partial charge in [-0.05, 0) is 61.4 Å². The van der Waals surface area contributed by atoms with Gasteiger partial charge in [0.1, 0.15) is 11.8 Å². The molecule has 1 aliphatic rings. The van der Waals surface area contributed by atoms with E-state index in [1.165, 1.54) is 12.1 Å². The molecule has 29 heavy (non-hydrogen) atoms. The third kappa shape index (κ3) is 4.22. The summed E-state index contributed by atoms with van der Waals surface area (Å²) in [7, 11) is 0. The van der Waals surface area contributed by atoms with Crippen LogP contribution in [0.4, 0.5) is 8.78 Å². The number of alkyl halides is 2. The lowest BCUT2D eigenvalue weighted by Gasteiger charge is -2.21. The zero-order valence-electron chi connectivity index (χ0n) is 15.1. The van der Waals surface area contributed by atoms with E-state index >= 15 is 0 Å². The molecule has 0 radical (unpaired) electrons. The standard InChI is InChI=1S/C20H16ClF2N3O3/c21-14-7-3-13(4-8-14)19(27)26-11-1-2-16(26)18-24-17(25-29-18)12-5-9-15(10-6-12)28-20(22)23/h3-10,16,20H,1-2,11H2. The molecular weight excluding hydrogens is 404 g/mol. The number of carbonyl (C=O) groups excluding carboxylic acids is 1. The van der Waals surface area contributed by atoms with Crippen LogP contribution in [0.1, 0.15) is 35.1 Å². The van der Waals surface area contributed by atoms with E-state index in [9.17, 15) is 13.6 Å². The number of halogens is 3. The first-order valence-electron chi connectivity index (χ1n) is 8.96. The first kappa shape index (κ1) is 19.3. The van der Waals surface area contributed by atoms with Crippen LogP contribution in [0.3, 0.4) is 0 Å². The molecule has 1 atom stereocenters. The zero-order chi connectivity index (χ0) is 20.4. The molecule has 6 nitrogen and oxygen atoms in total. The summed E-state index contributed by atoms with van der Waals surface area (Å²) >= 11 is 5.89. The van der Waals surface area contributed by atoms with Crippen LogP contribution in [0.2, 0.25) is 5.02 Å². The van der Waals surface area contributed by atoms with E-state index < -0.39 is 6.61 Å². The lowest BCUT2D eigenvalue weighted by molar-refractivity contribution is -0.0498. The molecule has 1 fully saturated rings. The quantitative estimate of drug-likeness (QED) is 0.584. The Morgan fingerprint density at radius 1 is 1.17 bits per heavy atom.